The standard InChI is InChI=1S/C31H30FN3O3/c1-19(2)16-24-26-27(29(37)35(28(26)36)18-20-8-4-3-5-9-20)31(33-24)23-10-6-7-11-25(23)34(30(31)38)17-21-12-14-22(32)15-13-21/h3-15,19,24,26-27,33H,16-18H2,1-2H3/t24-,26-,27+,31-/m0/s1. The Labute approximate surface area is 221 Å². The topological polar surface area (TPSA) is 69.7 Å². The Bertz CT molecular complexity index is 1410. The Kier molecular flexibility index (Phi) is 5.91. The van der Waals surface area contributed by atoms with Crippen molar-refractivity contribution >= 4 is 23.4 Å². The summed E-state index contributed by atoms with van der Waals surface area (Å²) in [6, 6.07) is 22.7. The lowest BCUT2D eigenvalue weighted by Gasteiger charge is -2.31. The molecule has 3 aromatic rings. The van der Waals surface area contributed by atoms with Gasteiger partial charge in [0.25, 0.3) is 5.91 Å². The second-order valence-corrected chi connectivity index (χ2v) is 11.0. The summed E-state index contributed by atoms with van der Waals surface area (Å²) in [5, 5.41) is 3.56. The van der Waals surface area contributed by atoms with Gasteiger partial charge in [-0.1, -0.05) is 74.5 Å². The van der Waals surface area contributed by atoms with E-state index in [0.29, 0.717) is 12.1 Å². The Balaban J connectivity index is 1.44. The number of para-hydroxylation sites is 1. The number of hydrogen-bond donors (Lipinski definition) is 1. The molecule has 6 nitrogen and oxygen atoms in total. The van der Waals surface area contributed by atoms with Crippen LogP contribution < -0.4 is 10.2 Å². The van der Waals surface area contributed by atoms with Gasteiger partial charge in [-0.2, -0.15) is 0 Å². The molecule has 0 aromatic heterocycles. The molecule has 0 bridgehead atoms. The third-order valence-electron chi connectivity index (χ3n) is 8.12. The molecule has 3 aliphatic heterocycles. The molecule has 4 atom stereocenters. The monoisotopic (exact) mass is 511 g/mol. The van der Waals surface area contributed by atoms with Crippen molar-refractivity contribution in [3.05, 3.63) is 101 Å². The van der Waals surface area contributed by atoms with E-state index in [0.717, 1.165) is 16.7 Å². The summed E-state index contributed by atoms with van der Waals surface area (Å²) in [4.78, 5) is 45.4. The van der Waals surface area contributed by atoms with Crippen LogP contribution in [-0.4, -0.2) is 28.7 Å². The van der Waals surface area contributed by atoms with Gasteiger partial charge >= 0.3 is 0 Å². The highest BCUT2D eigenvalue weighted by atomic mass is 19.1. The summed E-state index contributed by atoms with van der Waals surface area (Å²) in [7, 11) is 0. The molecule has 3 heterocycles. The first-order chi connectivity index (χ1) is 18.3. The van der Waals surface area contributed by atoms with Gasteiger partial charge < -0.3 is 4.90 Å². The first-order valence-corrected chi connectivity index (χ1v) is 13.1. The molecular formula is C31H30FN3O3. The van der Waals surface area contributed by atoms with Crippen LogP contribution in [0.5, 0.6) is 0 Å². The molecule has 3 amide bonds. The zero-order valence-electron chi connectivity index (χ0n) is 21.4. The van der Waals surface area contributed by atoms with Gasteiger partial charge in [0.2, 0.25) is 11.8 Å². The van der Waals surface area contributed by atoms with Crippen molar-refractivity contribution in [3.8, 4) is 0 Å². The number of nitrogens with one attached hydrogen (secondary N) is 1. The number of halogens is 1. The van der Waals surface area contributed by atoms with Crippen molar-refractivity contribution in [2.24, 2.45) is 17.8 Å². The van der Waals surface area contributed by atoms with Crippen LogP contribution in [-0.2, 0) is 33.0 Å². The van der Waals surface area contributed by atoms with Gasteiger partial charge in [-0.3, -0.25) is 24.6 Å². The molecule has 7 heteroatoms. The second kappa shape index (κ2) is 9.17. The minimum absolute atomic E-state index is 0.186. The molecule has 0 aliphatic carbocycles. The van der Waals surface area contributed by atoms with Gasteiger partial charge in [0.1, 0.15) is 11.4 Å². The normalized spacial score (nSPS) is 26.1. The molecule has 2 fully saturated rings. The van der Waals surface area contributed by atoms with E-state index < -0.39 is 17.4 Å². The van der Waals surface area contributed by atoms with Crippen molar-refractivity contribution in [3.63, 3.8) is 0 Å². The predicted octanol–water partition coefficient (Wildman–Crippen LogP) is 4.39. The van der Waals surface area contributed by atoms with Crippen LogP contribution in [0, 0.1) is 23.6 Å². The lowest BCUT2D eigenvalue weighted by Crippen LogP contribution is -2.55. The Morgan fingerprint density at radius 1 is 0.816 bits per heavy atom. The van der Waals surface area contributed by atoms with Crippen LogP contribution in [0.15, 0.2) is 78.9 Å². The lowest BCUT2D eigenvalue weighted by molar-refractivity contribution is -0.143. The van der Waals surface area contributed by atoms with E-state index in [9.17, 15) is 18.8 Å². The average molecular weight is 512 g/mol. The fourth-order valence-electron chi connectivity index (χ4n) is 6.57. The number of amides is 3. The quantitative estimate of drug-likeness (QED) is 0.499. The highest BCUT2D eigenvalue weighted by Crippen LogP contribution is 2.55. The highest BCUT2D eigenvalue weighted by Gasteiger charge is 2.71. The number of fused-ring (bicyclic) bond motifs is 4. The van der Waals surface area contributed by atoms with Crippen LogP contribution in [0.3, 0.4) is 0 Å². The summed E-state index contributed by atoms with van der Waals surface area (Å²) >= 11 is 0. The Morgan fingerprint density at radius 3 is 2.16 bits per heavy atom. The number of imide groups is 1. The fourth-order valence-corrected chi connectivity index (χ4v) is 6.57. The van der Waals surface area contributed by atoms with E-state index in [1.165, 1.54) is 17.0 Å². The maximum absolute atomic E-state index is 14.5. The average Bonchev–Trinajstić information content (AvgIpc) is 3.45. The van der Waals surface area contributed by atoms with Crippen molar-refractivity contribution in [2.75, 3.05) is 4.90 Å². The van der Waals surface area contributed by atoms with E-state index in [1.54, 1.807) is 17.0 Å². The van der Waals surface area contributed by atoms with E-state index in [2.05, 4.69) is 19.2 Å². The number of benzene rings is 3. The molecule has 2 saturated heterocycles. The molecular weight excluding hydrogens is 481 g/mol. The lowest BCUT2D eigenvalue weighted by atomic mass is 9.76. The van der Waals surface area contributed by atoms with Gasteiger partial charge in [-0.05, 0) is 41.7 Å². The van der Waals surface area contributed by atoms with E-state index in [4.69, 9.17) is 0 Å². The smallest absolute Gasteiger partial charge is 0.253 e. The van der Waals surface area contributed by atoms with E-state index in [-0.39, 0.29) is 48.6 Å². The molecule has 1 spiro atoms. The SMILES string of the molecule is CC(C)C[C@@H]1N[C@]2(C(=O)N(Cc3ccc(F)cc3)c3ccccc32)[C@H]2C(=O)N(Cc3ccccc3)C(=O)[C@@H]12. The molecule has 3 aromatic carbocycles. The first kappa shape index (κ1) is 24.5. The summed E-state index contributed by atoms with van der Waals surface area (Å²) in [5.74, 6) is -2.33. The summed E-state index contributed by atoms with van der Waals surface area (Å²) in [6.45, 7) is 4.58. The van der Waals surface area contributed by atoms with Crippen LogP contribution in [0.2, 0.25) is 0 Å². The minimum atomic E-state index is -1.33. The van der Waals surface area contributed by atoms with Crippen molar-refractivity contribution in [1.82, 2.24) is 10.2 Å². The molecule has 3 aliphatic rings. The number of rotatable bonds is 6. The largest absolute Gasteiger partial charge is 0.306 e. The molecule has 0 radical (unpaired) electrons. The molecule has 1 N–H and O–H groups in total. The van der Waals surface area contributed by atoms with Crippen molar-refractivity contribution in [2.45, 2.75) is 44.9 Å². The summed E-state index contributed by atoms with van der Waals surface area (Å²) in [6.07, 6.45) is 0.661. The first-order valence-electron chi connectivity index (χ1n) is 13.1. The van der Waals surface area contributed by atoms with Crippen LogP contribution in [0.4, 0.5) is 10.1 Å². The summed E-state index contributed by atoms with van der Waals surface area (Å²) < 4.78 is 13.6. The zero-order chi connectivity index (χ0) is 26.6. The van der Waals surface area contributed by atoms with Gasteiger partial charge in [-0.15, -0.1) is 0 Å². The Morgan fingerprint density at radius 2 is 1.45 bits per heavy atom. The fraction of sp³-hybridized carbons (Fsp3) is 0.323. The van der Waals surface area contributed by atoms with Gasteiger partial charge in [0.05, 0.1) is 24.9 Å². The number of carbonyl (C=O) groups is 3. The maximum Gasteiger partial charge on any atom is 0.253 e. The van der Waals surface area contributed by atoms with Crippen LogP contribution in [0.1, 0.15) is 37.0 Å². The maximum atomic E-state index is 14.5. The highest BCUT2D eigenvalue weighted by molar-refractivity contribution is 6.16. The van der Waals surface area contributed by atoms with Crippen molar-refractivity contribution < 1.29 is 18.8 Å². The van der Waals surface area contributed by atoms with Gasteiger partial charge in [0.15, 0.2) is 0 Å². The van der Waals surface area contributed by atoms with E-state index >= 15 is 0 Å². The Hall–Kier alpha value is -3.84. The summed E-state index contributed by atoms with van der Waals surface area (Å²) in [5.41, 5.74) is 1.74. The number of likely N-dealkylation sites (tertiary alicyclic amines) is 1. The van der Waals surface area contributed by atoms with Crippen LogP contribution in [0.25, 0.3) is 0 Å². The number of hydrogen-bond acceptors (Lipinski definition) is 4. The number of anilines is 1. The van der Waals surface area contributed by atoms with E-state index in [1.807, 2.05) is 54.6 Å². The number of nitrogens with zero attached hydrogens (tertiary/aromatic N) is 2. The third-order valence-corrected chi connectivity index (χ3v) is 8.12. The zero-order valence-corrected chi connectivity index (χ0v) is 21.4. The molecule has 194 valence electrons. The van der Waals surface area contributed by atoms with Crippen molar-refractivity contribution in [1.29, 1.82) is 0 Å². The molecule has 6 rings (SSSR count). The minimum Gasteiger partial charge on any atom is -0.306 e. The number of carbonyl (C=O) groups excluding carboxylic acids is 3. The third kappa shape index (κ3) is 3.68. The molecule has 0 unspecified atom stereocenters. The predicted molar refractivity (Wildman–Crippen MR) is 141 cm³/mol. The van der Waals surface area contributed by atoms with Gasteiger partial charge in [0, 0.05) is 17.3 Å². The van der Waals surface area contributed by atoms with Crippen LogP contribution >= 0.6 is 0 Å². The van der Waals surface area contributed by atoms with Gasteiger partial charge in [-0.25, -0.2) is 4.39 Å². The molecule has 0 saturated carbocycles. The second-order valence-electron chi connectivity index (χ2n) is 11.0. The molecule has 38 heavy (non-hydrogen) atoms.